The molecular formula is C10H19NO4S. The number of esters is 1. The second-order valence-corrected chi connectivity index (χ2v) is 6.28. The Morgan fingerprint density at radius 3 is 2.81 bits per heavy atom. The molecule has 0 amide bonds. The van der Waals surface area contributed by atoms with Crippen molar-refractivity contribution in [2.75, 3.05) is 24.7 Å². The summed E-state index contributed by atoms with van der Waals surface area (Å²) in [5, 5.41) is 2.91. The van der Waals surface area contributed by atoms with Crippen molar-refractivity contribution < 1.29 is 17.9 Å². The second-order valence-electron chi connectivity index (χ2n) is 4.05. The molecule has 0 aromatic carbocycles. The molecular weight excluding hydrogens is 230 g/mol. The van der Waals surface area contributed by atoms with E-state index in [1.54, 1.807) is 0 Å². The van der Waals surface area contributed by atoms with Crippen LogP contribution in [0.4, 0.5) is 0 Å². The molecule has 0 aromatic heterocycles. The smallest absolute Gasteiger partial charge is 0.319 e. The number of carbonyl (C=O) groups excluding carboxylic acids is 1. The van der Waals surface area contributed by atoms with E-state index in [2.05, 4.69) is 5.32 Å². The predicted molar refractivity (Wildman–Crippen MR) is 60.9 cm³/mol. The highest BCUT2D eigenvalue weighted by atomic mass is 32.2. The first kappa shape index (κ1) is 13.4. The zero-order chi connectivity index (χ0) is 12.0. The van der Waals surface area contributed by atoms with Crippen LogP contribution in [0.25, 0.3) is 0 Å². The number of nitrogens with one attached hydrogen (secondary N) is 1. The molecule has 1 aliphatic rings. The number of hydrogen-bond acceptors (Lipinski definition) is 5. The molecule has 0 spiro atoms. The van der Waals surface area contributed by atoms with Crippen molar-refractivity contribution >= 4 is 15.8 Å². The molecule has 1 aliphatic heterocycles. The van der Waals surface area contributed by atoms with Gasteiger partial charge in [-0.05, 0) is 12.8 Å². The standard InChI is InChI=1S/C10H19NO4S/c1-2-3-5-15-10(12)7-11-9-4-6-16(13,14)8-9/h9,11H,2-8H2,1H3. The van der Waals surface area contributed by atoms with Gasteiger partial charge in [0.25, 0.3) is 0 Å². The summed E-state index contributed by atoms with van der Waals surface area (Å²) in [6.45, 7) is 2.57. The van der Waals surface area contributed by atoms with E-state index in [1.807, 2.05) is 6.92 Å². The zero-order valence-electron chi connectivity index (χ0n) is 9.57. The summed E-state index contributed by atoms with van der Waals surface area (Å²) in [7, 11) is -2.88. The van der Waals surface area contributed by atoms with Gasteiger partial charge in [-0.2, -0.15) is 0 Å². The van der Waals surface area contributed by atoms with Gasteiger partial charge in [0.15, 0.2) is 9.84 Å². The third-order valence-electron chi connectivity index (χ3n) is 2.53. The summed E-state index contributed by atoms with van der Waals surface area (Å²) in [6, 6.07) is -0.0938. The lowest BCUT2D eigenvalue weighted by Crippen LogP contribution is -2.35. The first-order valence-electron chi connectivity index (χ1n) is 5.63. The van der Waals surface area contributed by atoms with Crippen LogP contribution in [0.15, 0.2) is 0 Å². The Balaban J connectivity index is 2.13. The zero-order valence-corrected chi connectivity index (χ0v) is 10.4. The van der Waals surface area contributed by atoms with Gasteiger partial charge in [0.05, 0.1) is 24.7 Å². The molecule has 94 valence electrons. The van der Waals surface area contributed by atoms with E-state index in [-0.39, 0.29) is 30.1 Å². The minimum Gasteiger partial charge on any atom is -0.465 e. The Morgan fingerprint density at radius 1 is 1.50 bits per heavy atom. The molecule has 6 heteroatoms. The Morgan fingerprint density at radius 2 is 2.25 bits per heavy atom. The van der Waals surface area contributed by atoms with E-state index in [4.69, 9.17) is 4.74 Å². The SMILES string of the molecule is CCCCOC(=O)CNC1CCS(=O)(=O)C1. The predicted octanol–water partition coefficient (Wildman–Crippen LogP) is 0.106. The van der Waals surface area contributed by atoms with Crippen LogP contribution in [0.2, 0.25) is 0 Å². The lowest BCUT2D eigenvalue weighted by Gasteiger charge is -2.09. The van der Waals surface area contributed by atoms with Gasteiger partial charge in [-0.25, -0.2) is 8.42 Å². The second kappa shape index (κ2) is 6.20. The van der Waals surface area contributed by atoms with Crippen LogP contribution in [-0.4, -0.2) is 45.1 Å². The maximum absolute atomic E-state index is 11.2. The molecule has 1 saturated heterocycles. The number of hydrogen-bond donors (Lipinski definition) is 1. The quantitative estimate of drug-likeness (QED) is 0.534. The summed E-state index contributed by atoms with van der Waals surface area (Å²) >= 11 is 0. The highest BCUT2D eigenvalue weighted by molar-refractivity contribution is 7.91. The van der Waals surface area contributed by atoms with E-state index in [1.165, 1.54) is 0 Å². The van der Waals surface area contributed by atoms with E-state index in [0.717, 1.165) is 12.8 Å². The van der Waals surface area contributed by atoms with Crippen LogP contribution in [0.1, 0.15) is 26.2 Å². The molecule has 1 unspecified atom stereocenters. The van der Waals surface area contributed by atoms with Gasteiger partial charge in [-0.15, -0.1) is 0 Å². The molecule has 0 bridgehead atoms. The van der Waals surface area contributed by atoms with Crippen LogP contribution in [-0.2, 0) is 19.4 Å². The average molecular weight is 249 g/mol. The highest BCUT2D eigenvalue weighted by Crippen LogP contribution is 2.10. The molecule has 0 saturated carbocycles. The van der Waals surface area contributed by atoms with Gasteiger partial charge in [0, 0.05) is 6.04 Å². The summed E-state index contributed by atoms with van der Waals surface area (Å²) in [5.74, 6) is 0.0443. The molecule has 1 atom stereocenters. The van der Waals surface area contributed by atoms with Crippen LogP contribution in [0.5, 0.6) is 0 Å². The first-order chi connectivity index (χ1) is 7.53. The highest BCUT2D eigenvalue weighted by Gasteiger charge is 2.27. The Hall–Kier alpha value is -0.620. The molecule has 1 N–H and O–H groups in total. The van der Waals surface area contributed by atoms with Crippen molar-refractivity contribution in [3.63, 3.8) is 0 Å². The van der Waals surface area contributed by atoms with Gasteiger partial charge in [0.1, 0.15) is 0 Å². The third-order valence-corrected chi connectivity index (χ3v) is 4.30. The summed E-state index contributed by atoms with van der Waals surface area (Å²) < 4.78 is 27.2. The van der Waals surface area contributed by atoms with Crippen LogP contribution < -0.4 is 5.32 Å². The molecule has 5 nitrogen and oxygen atoms in total. The number of ether oxygens (including phenoxy) is 1. The van der Waals surface area contributed by atoms with Gasteiger partial charge in [0.2, 0.25) is 0 Å². The molecule has 1 rings (SSSR count). The summed E-state index contributed by atoms with van der Waals surface area (Å²) in [6.07, 6.45) is 2.44. The lowest BCUT2D eigenvalue weighted by atomic mass is 10.3. The largest absolute Gasteiger partial charge is 0.465 e. The average Bonchev–Trinajstić information content (AvgIpc) is 2.56. The summed E-state index contributed by atoms with van der Waals surface area (Å²) in [5.41, 5.74) is 0. The van der Waals surface area contributed by atoms with Crippen molar-refractivity contribution in [1.82, 2.24) is 5.32 Å². The minimum absolute atomic E-state index is 0.0938. The fourth-order valence-electron chi connectivity index (χ4n) is 1.57. The maximum Gasteiger partial charge on any atom is 0.319 e. The number of carbonyl (C=O) groups is 1. The fraction of sp³-hybridized carbons (Fsp3) is 0.900. The van der Waals surface area contributed by atoms with Crippen LogP contribution in [0.3, 0.4) is 0 Å². The monoisotopic (exact) mass is 249 g/mol. The van der Waals surface area contributed by atoms with E-state index < -0.39 is 9.84 Å². The van der Waals surface area contributed by atoms with Crippen molar-refractivity contribution in [1.29, 1.82) is 0 Å². The maximum atomic E-state index is 11.2. The molecule has 0 radical (unpaired) electrons. The van der Waals surface area contributed by atoms with Crippen LogP contribution in [0, 0.1) is 0 Å². The Bertz CT molecular complexity index is 326. The van der Waals surface area contributed by atoms with Gasteiger partial charge >= 0.3 is 5.97 Å². The minimum atomic E-state index is -2.88. The van der Waals surface area contributed by atoms with Crippen molar-refractivity contribution in [2.45, 2.75) is 32.2 Å². The lowest BCUT2D eigenvalue weighted by molar-refractivity contribution is -0.142. The topological polar surface area (TPSA) is 72.5 Å². The Kier molecular flexibility index (Phi) is 5.21. The summed E-state index contributed by atoms with van der Waals surface area (Å²) in [4.78, 5) is 11.2. The molecule has 0 aromatic rings. The van der Waals surface area contributed by atoms with E-state index in [0.29, 0.717) is 13.0 Å². The van der Waals surface area contributed by atoms with Crippen molar-refractivity contribution in [3.05, 3.63) is 0 Å². The van der Waals surface area contributed by atoms with Gasteiger partial charge in [-0.3, -0.25) is 4.79 Å². The number of unbranched alkanes of at least 4 members (excludes halogenated alkanes) is 1. The molecule has 1 heterocycles. The first-order valence-corrected chi connectivity index (χ1v) is 7.45. The van der Waals surface area contributed by atoms with Gasteiger partial charge in [-0.1, -0.05) is 13.3 Å². The van der Waals surface area contributed by atoms with E-state index >= 15 is 0 Å². The van der Waals surface area contributed by atoms with Crippen molar-refractivity contribution in [2.24, 2.45) is 0 Å². The number of rotatable bonds is 6. The normalized spacial score (nSPS) is 23.2. The molecule has 0 aliphatic carbocycles. The number of sulfone groups is 1. The van der Waals surface area contributed by atoms with Crippen LogP contribution >= 0.6 is 0 Å². The van der Waals surface area contributed by atoms with E-state index in [9.17, 15) is 13.2 Å². The third kappa shape index (κ3) is 4.94. The van der Waals surface area contributed by atoms with Crippen molar-refractivity contribution in [3.8, 4) is 0 Å². The Labute approximate surface area is 96.5 Å². The molecule has 1 fully saturated rings. The fourth-order valence-corrected chi connectivity index (χ4v) is 3.27. The van der Waals surface area contributed by atoms with Gasteiger partial charge < -0.3 is 10.1 Å². The molecule has 16 heavy (non-hydrogen) atoms.